The molecule has 0 radical (unpaired) electrons. The van der Waals surface area contributed by atoms with Gasteiger partial charge in [0.1, 0.15) is 0 Å². The van der Waals surface area contributed by atoms with Crippen LogP contribution in [0.4, 0.5) is 0 Å². The highest BCUT2D eigenvalue weighted by Crippen LogP contribution is 1.91. The molecule has 0 aliphatic rings. The van der Waals surface area contributed by atoms with Crippen molar-refractivity contribution >= 4 is 18.4 Å². The second kappa shape index (κ2) is 4.74. The quantitative estimate of drug-likeness (QED) is 0.693. The largest absolute Gasteiger partial charge is 0.479 e. The van der Waals surface area contributed by atoms with Crippen LogP contribution in [0.2, 0.25) is 0 Å². The van der Waals surface area contributed by atoms with Crippen molar-refractivity contribution < 1.29 is 15.0 Å². The van der Waals surface area contributed by atoms with Gasteiger partial charge in [0.25, 0.3) is 0 Å². The van der Waals surface area contributed by atoms with Gasteiger partial charge in [-0.15, -0.1) is 12.4 Å². The maximum absolute atomic E-state index is 10.1. The van der Waals surface area contributed by atoms with Crippen molar-refractivity contribution in [1.29, 1.82) is 0 Å². The average Bonchev–Trinajstić information content (AvgIpc) is 2.39. The summed E-state index contributed by atoms with van der Waals surface area (Å²) < 4.78 is 1.50. The Morgan fingerprint density at radius 3 is 2.75 bits per heavy atom. The Kier molecular flexibility index (Phi) is 4.31. The molecule has 0 unspecified atom stereocenters. The first-order valence-corrected chi connectivity index (χ1v) is 3.07. The molecule has 1 rings (SSSR count). The molecule has 0 saturated carbocycles. The van der Waals surface area contributed by atoms with Gasteiger partial charge in [-0.2, -0.15) is 0 Å². The molecular weight excluding hydrogens is 184 g/mol. The molecule has 68 valence electrons. The van der Waals surface area contributed by atoms with E-state index in [9.17, 15) is 4.79 Å². The molecular formula is C6H9ClN2O3. The third-order valence-electron chi connectivity index (χ3n) is 1.23. The van der Waals surface area contributed by atoms with E-state index in [2.05, 4.69) is 4.98 Å². The monoisotopic (exact) mass is 192 g/mol. The average molecular weight is 193 g/mol. The van der Waals surface area contributed by atoms with E-state index in [1.807, 2.05) is 0 Å². The molecule has 0 aromatic carbocycles. The third kappa shape index (κ3) is 2.89. The minimum absolute atomic E-state index is 0. The molecule has 5 nitrogen and oxygen atoms in total. The molecule has 1 aromatic heterocycles. The summed E-state index contributed by atoms with van der Waals surface area (Å²) in [6, 6.07) is 0. The van der Waals surface area contributed by atoms with Crippen LogP contribution in [-0.4, -0.2) is 31.8 Å². The van der Waals surface area contributed by atoms with E-state index in [4.69, 9.17) is 10.2 Å². The lowest BCUT2D eigenvalue weighted by Crippen LogP contribution is -2.24. The Bertz CT molecular complexity index is 237. The van der Waals surface area contributed by atoms with Crippen molar-refractivity contribution in [1.82, 2.24) is 9.55 Å². The van der Waals surface area contributed by atoms with Crippen molar-refractivity contribution in [3.63, 3.8) is 0 Å². The molecule has 0 bridgehead atoms. The zero-order valence-corrected chi connectivity index (χ0v) is 6.94. The summed E-state index contributed by atoms with van der Waals surface area (Å²) in [5.41, 5.74) is 0. The number of imidazole rings is 1. The van der Waals surface area contributed by atoms with E-state index < -0.39 is 12.1 Å². The summed E-state index contributed by atoms with van der Waals surface area (Å²) in [6.07, 6.45) is 3.21. The van der Waals surface area contributed by atoms with E-state index in [0.29, 0.717) is 0 Å². The molecule has 0 saturated heterocycles. The predicted molar refractivity (Wildman–Crippen MR) is 43.1 cm³/mol. The van der Waals surface area contributed by atoms with Crippen molar-refractivity contribution in [2.75, 3.05) is 0 Å². The van der Waals surface area contributed by atoms with E-state index in [1.54, 1.807) is 6.20 Å². The van der Waals surface area contributed by atoms with Crippen LogP contribution >= 0.6 is 12.4 Å². The molecule has 1 heterocycles. The lowest BCUT2D eigenvalue weighted by Gasteiger charge is -2.04. The van der Waals surface area contributed by atoms with E-state index in [1.165, 1.54) is 17.1 Å². The van der Waals surface area contributed by atoms with Gasteiger partial charge in [-0.1, -0.05) is 0 Å². The molecule has 1 atom stereocenters. The molecule has 0 aliphatic heterocycles. The van der Waals surface area contributed by atoms with Crippen molar-refractivity contribution in [2.45, 2.75) is 12.6 Å². The summed E-state index contributed by atoms with van der Waals surface area (Å²) in [5, 5.41) is 17.1. The van der Waals surface area contributed by atoms with Crippen LogP contribution in [0.15, 0.2) is 18.7 Å². The number of aliphatic hydroxyl groups is 1. The van der Waals surface area contributed by atoms with Crippen LogP contribution in [0, 0.1) is 0 Å². The van der Waals surface area contributed by atoms with Gasteiger partial charge < -0.3 is 14.8 Å². The minimum Gasteiger partial charge on any atom is -0.479 e. The fourth-order valence-corrected chi connectivity index (χ4v) is 0.673. The lowest BCUT2D eigenvalue weighted by molar-refractivity contribution is -0.147. The van der Waals surface area contributed by atoms with Crippen LogP contribution in [0.25, 0.3) is 0 Å². The molecule has 0 fully saturated rings. The highest BCUT2D eigenvalue weighted by molar-refractivity contribution is 5.85. The zero-order valence-electron chi connectivity index (χ0n) is 6.12. The molecule has 0 spiro atoms. The highest BCUT2D eigenvalue weighted by Gasteiger charge is 2.12. The fraction of sp³-hybridized carbons (Fsp3) is 0.333. The lowest BCUT2D eigenvalue weighted by atomic mass is 10.3. The Balaban J connectivity index is 0.00000121. The van der Waals surface area contributed by atoms with Crippen LogP contribution in [-0.2, 0) is 11.3 Å². The maximum atomic E-state index is 10.1. The third-order valence-corrected chi connectivity index (χ3v) is 1.23. The normalized spacial score (nSPS) is 11.8. The van der Waals surface area contributed by atoms with Gasteiger partial charge in [-0.3, -0.25) is 0 Å². The Morgan fingerprint density at radius 1 is 1.67 bits per heavy atom. The summed E-state index contributed by atoms with van der Waals surface area (Å²) in [6.45, 7) is 0.0370. The molecule has 0 aliphatic carbocycles. The van der Waals surface area contributed by atoms with E-state index >= 15 is 0 Å². The number of aliphatic carboxylic acids is 1. The number of aromatic nitrogens is 2. The number of hydrogen-bond donors (Lipinski definition) is 2. The molecule has 1 aromatic rings. The van der Waals surface area contributed by atoms with Gasteiger partial charge >= 0.3 is 5.97 Å². The number of carboxylic acids is 1. The first kappa shape index (κ1) is 10.9. The van der Waals surface area contributed by atoms with E-state index in [0.717, 1.165) is 0 Å². The minimum atomic E-state index is -1.36. The first-order valence-electron chi connectivity index (χ1n) is 3.07. The number of halogens is 1. The topological polar surface area (TPSA) is 75.3 Å². The van der Waals surface area contributed by atoms with Gasteiger partial charge in [0.2, 0.25) is 0 Å². The van der Waals surface area contributed by atoms with Crippen LogP contribution in [0.5, 0.6) is 0 Å². The standard InChI is InChI=1S/C6H8N2O3.ClH/c9-5(6(10)11)3-8-2-1-7-4-8;/h1-2,4-5,9H,3H2,(H,10,11);1H/t5-;/m1./s1. The second-order valence-corrected chi connectivity index (χ2v) is 2.11. The van der Waals surface area contributed by atoms with Gasteiger partial charge in [-0.25, -0.2) is 9.78 Å². The summed E-state index contributed by atoms with van der Waals surface area (Å²) in [5.74, 6) is -1.22. The summed E-state index contributed by atoms with van der Waals surface area (Å²) in [7, 11) is 0. The first-order chi connectivity index (χ1) is 5.20. The number of hydrogen-bond acceptors (Lipinski definition) is 3. The van der Waals surface area contributed by atoms with Crippen molar-refractivity contribution in [3.05, 3.63) is 18.7 Å². The number of nitrogens with zero attached hydrogens (tertiary/aromatic N) is 2. The smallest absolute Gasteiger partial charge is 0.334 e. The molecule has 12 heavy (non-hydrogen) atoms. The summed E-state index contributed by atoms with van der Waals surface area (Å²) in [4.78, 5) is 13.8. The van der Waals surface area contributed by atoms with Crippen LogP contribution in [0.3, 0.4) is 0 Å². The number of carbonyl (C=O) groups is 1. The number of carboxylic acid groups (broad SMARTS) is 1. The summed E-state index contributed by atoms with van der Waals surface area (Å²) >= 11 is 0. The van der Waals surface area contributed by atoms with Crippen molar-refractivity contribution in [2.24, 2.45) is 0 Å². The van der Waals surface area contributed by atoms with E-state index in [-0.39, 0.29) is 19.0 Å². The Labute approximate surface area is 75.1 Å². The van der Waals surface area contributed by atoms with Gasteiger partial charge in [-0.05, 0) is 0 Å². The maximum Gasteiger partial charge on any atom is 0.334 e. The Hall–Kier alpha value is -1.07. The number of aliphatic hydroxyl groups excluding tert-OH is 1. The fourth-order valence-electron chi connectivity index (χ4n) is 0.673. The van der Waals surface area contributed by atoms with Crippen LogP contribution in [0.1, 0.15) is 0 Å². The number of rotatable bonds is 3. The molecule has 6 heteroatoms. The highest BCUT2D eigenvalue weighted by atomic mass is 35.5. The zero-order chi connectivity index (χ0) is 8.27. The second-order valence-electron chi connectivity index (χ2n) is 2.11. The van der Waals surface area contributed by atoms with Gasteiger partial charge in [0.05, 0.1) is 12.9 Å². The molecule has 0 amide bonds. The van der Waals surface area contributed by atoms with Gasteiger partial charge in [0, 0.05) is 12.4 Å². The van der Waals surface area contributed by atoms with Crippen LogP contribution < -0.4 is 0 Å². The SMILES string of the molecule is Cl.O=C(O)[C@H](O)Cn1ccnc1. The Morgan fingerprint density at radius 2 is 2.33 bits per heavy atom. The van der Waals surface area contributed by atoms with Crippen molar-refractivity contribution in [3.8, 4) is 0 Å². The predicted octanol–water partition coefficient (Wildman–Crippen LogP) is -0.250. The molecule has 2 N–H and O–H groups in total. The van der Waals surface area contributed by atoms with Gasteiger partial charge in [0.15, 0.2) is 6.10 Å².